The van der Waals surface area contributed by atoms with Crippen molar-refractivity contribution in [1.82, 2.24) is 25.0 Å². The predicted molar refractivity (Wildman–Crippen MR) is 57.6 cm³/mol. The Morgan fingerprint density at radius 2 is 2.17 bits per heavy atom. The van der Waals surface area contributed by atoms with E-state index in [1.54, 1.807) is 12.1 Å². The second-order valence-corrected chi connectivity index (χ2v) is 3.44. The summed E-state index contributed by atoms with van der Waals surface area (Å²) in [4.78, 5) is 8.03. The third-order valence-corrected chi connectivity index (χ3v) is 2.26. The van der Waals surface area contributed by atoms with Crippen LogP contribution in [0.5, 0.6) is 5.75 Å². The molecular weight excluding hydrogens is 244 g/mol. The van der Waals surface area contributed by atoms with Gasteiger partial charge in [0.15, 0.2) is 0 Å². The first-order valence-electron chi connectivity index (χ1n) is 5.04. The van der Waals surface area contributed by atoms with Gasteiger partial charge < -0.3 is 9.72 Å². The van der Waals surface area contributed by atoms with Crippen molar-refractivity contribution in [3.05, 3.63) is 30.6 Å². The van der Waals surface area contributed by atoms with Crippen LogP contribution in [0.15, 0.2) is 30.6 Å². The molecule has 18 heavy (non-hydrogen) atoms. The molecule has 0 aliphatic heterocycles. The fraction of sp³-hybridized carbons (Fsp3) is 0.100. The van der Waals surface area contributed by atoms with Gasteiger partial charge in [0.05, 0.1) is 12.0 Å². The predicted octanol–water partition coefficient (Wildman–Crippen LogP) is 1.74. The van der Waals surface area contributed by atoms with Crippen molar-refractivity contribution >= 4 is 11.3 Å². The first-order chi connectivity index (χ1) is 8.72. The number of fused-ring (bicyclic) bond motifs is 1. The summed E-state index contributed by atoms with van der Waals surface area (Å²) >= 11 is 0. The summed E-state index contributed by atoms with van der Waals surface area (Å²) in [5.41, 5.74) is 1.49. The molecule has 0 aliphatic rings. The molecule has 0 fully saturated rings. The van der Waals surface area contributed by atoms with Gasteiger partial charge in [0.25, 0.3) is 0 Å². The van der Waals surface area contributed by atoms with Crippen molar-refractivity contribution in [2.45, 2.75) is 6.61 Å². The van der Waals surface area contributed by atoms with E-state index < -0.39 is 6.61 Å². The van der Waals surface area contributed by atoms with E-state index in [1.165, 1.54) is 23.3 Å². The van der Waals surface area contributed by atoms with Gasteiger partial charge in [-0.05, 0) is 12.1 Å². The minimum Gasteiger partial charge on any atom is -0.435 e. The number of H-pyrrole nitrogens is 1. The van der Waals surface area contributed by atoms with E-state index >= 15 is 0 Å². The van der Waals surface area contributed by atoms with Crippen LogP contribution in [0.4, 0.5) is 8.78 Å². The second kappa shape index (κ2) is 4.06. The first kappa shape index (κ1) is 10.6. The van der Waals surface area contributed by atoms with E-state index in [-0.39, 0.29) is 5.75 Å². The van der Waals surface area contributed by atoms with Crippen LogP contribution in [-0.2, 0) is 0 Å². The summed E-state index contributed by atoms with van der Waals surface area (Å²) in [7, 11) is 0. The largest absolute Gasteiger partial charge is 0.435 e. The van der Waals surface area contributed by atoms with Crippen LogP contribution in [-0.4, -0.2) is 31.6 Å². The molecule has 0 aliphatic carbocycles. The van der Waals surface area contributed by atoms with Crippen LogP contribution in [0, 0.1) is 0 Å². The van der Waals surface area contributed by atoms with Gasteiger partial charge in [0, 0.05) is 6.07 Å². The van der Waals surface area contributed by atoms with E-state index in [4.69, 9.17) is 0 Å². The molecule has 0 saturated carbocycles. The highest BCUT2D eigenvalue weighted by molar-refractivity contribution is 5.63. The maximum atomic E-state index is 12.1. The lowest BCUT2D eigenvalue weighted by atomic mass is 10.3. The first-order valence-corrected chi connectivity index (χ1v) is 5.04. The summed E-state index contributed by atoms with van der Waals surface area (Å²) in [5, 5.41) is 8.19. The summed E-state index contributed by atoms with van der Waals surface area (Å²) in [6.07, 6.45) is 1.48. The Hall–Kier alpha value is -2.51. The number of ether oxygens (including phenoxy) is 1. The molecule has 1 aromatic carbocycles. The number of halogens is 2. The van der Waals surface area contributed by atoms with E-state index in [0.29, 0.717) is 17.0 Å². The van der Waals surface area contributed by atoms with Gasteiger partial charge >= 0.3 is 6.61 Å². The van der Waals surface area contributed by atoms with Crippen LogP contribution in [0.25, 0.3) is 17.0 Å². The lowest BCUT2D eigenvalue weighted by molar-refractivity contribution is -0.0498. The summed E-state index contributed by atoms with van der Waals surface area (Å²) in [6, 6.07) is 6.11. The number of hydrogen-bond acceptors (Lipinski definition) is 4. The van der Waals surface area contributed by atoms with Crippen molar-refractivity contribution in [3.63, 3.8) is 0 Å². The molecule has 3 rings (SSSR count). The molecule has 0 saturated heterocycles. The zero-order chi connectivity index (χ0) is 12.5. The van der Waals surface area contributed by atoms with Crippen LogP contribution in [0.3, 0.4) is 0 Å². The van der Waals surface area contributed by atoms with Gasteiger partial charge in [-0.2, -0.15) is 8.78 Å². The van der Waals surface area contributed by atoms with Crippen molar-refractivity contribution in [1.29, 1.82) is 0 Å². The van der Waals surface area contributed by atoms with Gasteiger partial charge in [0.1, 0.15) is 5.75 Å². The normalized spacial score (nSPS) is 11.3. The molecule has 0 atom stereocenters. The minimum absolute atomic E-state index is 0.0522. The maximum absolute atomic E-state index is 12.1. The number of aromatic nitrogens is 5. The standard InChI is InChI=1S/C10H7F2N5O/c11-10(12)18-7-3-1-2-6(4-7)17-15-8-9(16-17)14-5-13-8/h1-5,10H,(H,13,14,15,16). The quantitative estimate of drug-likeness (QED) is 0.769. The summed E-state index contributed by atoms with van der Waals surface area (Å²) in [5.74, 6) is 0.0522. The Labute approximate surface area is 99.2 Å². The zero-order valence-electron chi connectivity index (χ0n) is 8.92. The average Bonchev–Trinajstić information content (AvgIpc) is 2.88. The van der Waals surface area contributed by atoms with Crippen molar-refractivity contribution in [2.24, 2.45) is 0 Å². The molecule has 0 unspecified atom stereocenters. The molecule has 92 valence electrons. The highest BCUT2D eigenvalue weighted by atomic mass is 19.3. The molecular formula is C10H7F2N5O. The van der Waals surface area contributed by atoms with Gasteiger partial charge in [-0.3, -0.25) is 0 Å². The van der Waals surface area contributed by atoms with Crippen molar-refractivity contribution in [2.75, 3.05) is 0 Å². The lowest BCUT2D eigenvalue weighted by Crippen LogP contribution is -2.04. The molecule has 2 aromatic heterocycles. The average molecular weight is 251 g/mol. The molecule has 1 N–H and O–H groups in total. The van der Waals surface area contributed by atoms with Crippen LogP contribution in [0.1, 0.15) is 0 Å². The SMILES string of the molecule is FC(F)Oc1cccc(-n2nc3nc[nH]c3n2)c1. The van der Waals surface area contributed by atoms with Crippen molar-refractivity contribution in [3.8, 4) is 11.4 Å². The van der Waals surface area contributed by atoms with Crippen LogP contribution in [0.2, 0.25) is 0 Å². The van der Waals surface area contributed by atoms with Crippen LogP contribution < -0.4 is 4.74 Å². The Bertz CT molecular complexity index is 649. The maximum Gasteiger partial charge on any atom is 0.387 e. The molecule has 2 heterocycles. The summed E-state index contributed by atoms with van der Waals surface area (Å²) in [6.45, 7) is -2.86. The number of rotatable bonds is 3. The molecule has 0 spiro atoms. The highest BCUT2D eigenvalue weighted by Gasteiger charge is 2.09. The molecule has 8 heteroatoms. The monoisotopic (exact) mass is 251 g/mol. The van der Waals surface area contributed by atoms with Gasteiger partial charge in [-0.1, -0.05) is 6.07 Å². The minimum atomic E-state index is -2.86. The number of benzene rings is 1. The fourth-order valence-electron chi connectivity index (χ4n) is 1.53. The smallest absolute Gasteiger partial charge is 0.387 e. The Kier molecular flexibility index (Phi) is 2.40. The summed E-state index contributed by atoms with van der Waals surface area (Å²) < 4.78 is 28.5. The van der Waals surface area contributed by atoms with Crippen LogP contribution >= 0.6 is 0 Å². The Morgan fingerprint density at radius 3 is 2.94 bits per heavy atom. The number of aromatic amines is 1. The molecule has 0 bridgehead atoms. The fourth-order valence-corrected chi connectivity index (χ4v) is 1.53. The third-order valence-electron chi connectivity index (χ3n) is 2.26. The zero-order valence-corrected chi connectivity index (χ0v) is 8.92. The number of imidazole rings is 1. The number of alkyl halides is 2. The number of hydrogen-bond donors (Lipinski definition) is 1. The highest BCUT2D eigenvalue weighted by Crippen LogP contribution is 2.18. The van der Waals surface area contributed by atoms with E-state index in [9.17, 15) is 8.78 Å². The Balaban J connectivity index is 1.98. The van der Waals surface area contributed by atoms with Gasteiger partial charge in [0.2, 0.25) is 11.3 Å². The van der Waals surface area contributed by atoms with Crippen molar-refractivity contribution < 1.29 is 13.5 Å². The van der Waals surface area contributed by atoms with Gasteiger partial charge in [-0.15, -0.1) is 15.0 Å². The topological polar surface area (TPSA) is 68.6 Å². The van der Waals surface area contributed by atoms with E-state index in [1.807, 2.05) is 0 Å². The Morgan fingerprint density at radius 1 is 1.28 bits per heavy atom. The third kappa shape index (κ3) is 1.88. The molecule has 3 aromatic rings. The lowest BCUT2D eigenvalue weighted by Gasteiger charge is -2.05. The molecule has 0 radical (unpaired) electrons. The number of nitrogens with one attached hydrogen (secondary N) is 1. The second-order valence-electron chi connectivity index (χ2n) is 3.44. The van der Waals surface area contributed by atoms with Gasteiger partial charge in [-0.25, -0.2) is 4.98 Å². The molecule has 0 amide bonds. The number of nitrogens with zero attached hydrogens (tertiary/aromatic N) is 4. The van der Waals surface area contributed by atoms with E-state index in [0.717, 1.165) is 0 Å². The van der Waals surface area contributed by atoms with E-state index in [2.05, 4.69) is 24.9 Å². The molecule has 6 nitrogen and oxygen atoms in total.